The van der Waals surface area contributed by atoms with E-state index in [2.05, 4.69) is 155 Å². The van der Waals surface area contributed by atoms with E-state index < -0.39 is 0 Å². The lowest BCUT2D eigenvalue weighted by Gasteiger charge is -2.11. The van der Waals surface area contributed by atoms with Gasteiger partial charge in [0.25, 0.3) is 0 Å². The van der Waals surface area contributed by atoms with Crippen LogP contribution in [0.4, 0.5) is 0 Å². The molecule has 10 rings (SSSR count). The molecule has 0 aliphatic carbocycles. The molecule has 0 amide bonds. The zero-order chi connectivity index (χ0) is 31.1. The van der Waals surface area contributed by atoms with E-state index in [1.54, 1.807) is 0 Å². The van der Waals surface area contributed by atoms with Gasteiger partial charge in [0.05, 0.1) is 31.6 Å². The van der Waals surface area contributed by atoms with Gasteiger partial charge in [-0.3, -0.25) is 0 Å². The minimum atomic E-state index is -0.216. The van der Waals surface area contributed by atoms with Crippen molar-refractivity contribution in [2.24, 2.45) is 0 Å². The van der Waals surface area contributed by atoms with E-state index in [1.165, 1.54) is 54.5 Å². The molecule has 3 aromatic heterocycles. The van der Waals surface area contributed by atoms with E-state index in [1.807, 2.05) is 12.1 Å². The summed E-state index contributed by atoms with van der Waals surface area (Å²) in [5, 5.41) is 8.87. The topological polar surface area (TPSA) is 23.0 Å². The Bertz CT molecular complexity index is 2820. The lowest BCUT2D eigenvalue weighted by molar-refractivity contribution is 0.670. The molecule has 0 bridgehead atoms. The molecule has 0 fully saturated rings. The molecule has 10 aromatic rings. The molecule has 3 heterocycles. The first-order valence-electron chi connectivity index (χ1n) is 16.3. The number of benzene rings is 7. The number of hydrogen-bond donors (Lipinski definition) is 0. The largest absolute Gasteiger partial charge is 0.455 e. The average molecular weight is 619 g/mol. The highest BCUT2D eigenvalue weighted by molar-refractivity contribution is 6.51. The number of rotatable bonds is 4. The van der Waals surface area contributed by atoms with Crippen molar-refractivity contribution < 1.29 is 4.42 Å². The van der Waals surface area contributed by atoms with Crippen LogP contribution < -0.4 is 5.19 Å². The van der Waals surface area contributed by atoms with Crippen LogP contribution in [-0.2, 0) is 0 Å². The molecule has 3 nitrogen and oxygen atoms in total. The predicted molar refractivity (Wildman–Crippen MR) is 202 cm³/mol. The number of hydrogen-bond acceptors (Lipinski definition) is 1. The minimum Gasteiger partial charge on any atom is -0.455 e. The molecule has 7 aromatic carbocycles. The Morgan fingerprint density at radius 1 is 0.468 bits per heavy atom. The zero-order valence-electron chi connectivity index (χ0n) is 25.9. The van der Waals surface area contributed by atoms with Crippen LogP contribution in [0.1, 0.15) is 0 Å². The van der Waals surface area contributed by atoms with Gasteiger partial charge in [-0.05, 0) is 54.1 Å². The molecule has 47 heavy (non-hydrogen) atoms. The highest BCUT2D eigenvalue weighted by Gasteiger charge is 2.21. The maximum absolute atomic E-state index is 6.38. The van der Waals surface area contributed by atoms with Crippen LogP contribution in [0.2, 0.25) is 6.55 Å². The molecule has 0 unspecified atom stereocenters. The third-order valence-corrected chi connectivity index (χ3v) is 11.2. The van der Waals surface area contributed by atoms with Gasteiger partial charge in [0, 0.05) is 49.3 Å². The van der Waals surface area contributed by atoms with Crippen LogP contribution in [0.3, 0.4) is 0 Å². The van der Waals surface area contributed by atoms with Crippen LogP contribution in [-0.4, -0.2) is 18.7 Å². The Hall–Kier alpha value is -5.84. The summed E-state index contributed by atoms with van der Waals surface area (Å²) in [6, 6.07) is 55.2. The molecule has 0 saturated carbocycles. The molecule has 0 spiro atoms. The normalized spacial score (nSPS) is 12.3. The van der Waals surface area contributed by atoms with Crippen LogP contribution in [0, 0.1) is 0 Å². The number of fused-ring (bicyclic) bond motifs is 10. The first-order valence-corrected chi connectivity index (χ1v) is 18.5. The standard InChI is InChI=1S/C43H30N2OSi/c1-47-30-23-21-29(22-24-30)45-37-14-5-2-9-32(37)34-25-26-39-41(42(34)45)36-11-3-6-15-38(36)44(39)28-19-17-27(18-20-28)31-12-8-13-35-33-10-4-7-16-40(33)46-43(31)35/h2-26H,47H2,1H3. The molecule has 0 N–H and O–H groups in total. The van der Waals surface area contributed by atoms with Crippen molar-refractivity contribution in [2.45, 2.75) is 6.55 Å². The number of furan rings is 1. The Kier molecular flexibility index (Phi) is 5.66. The Morgan fingerprint density at radius 2 is 1.11 bits per heavy atom. The summed E-state index contributed by atoms with van der Waals surface area (Å²) < 4.78 is 11.3. The fraction of sp³-hybridized carbons (Fsp3) is 0.0233. The Balaban J connectivity index is 1.22. The van der Waals surface area contributed by atoms with Gasteiger partial charge in [0.1, 0.15) is 11.2 Å². The van der Waals surface area contributed by atoms with E-state index in [4.69, 9.17) is 4.42 Å². The van der Waals surface area contributed by atoms with Gasteiger partial charge in [-0.2, -0.15) is 0 Å². The van der Waals surface area contributed by atoms with Gasteiger partial charge < -0.3 is 13.6 Å². The SMILES string of the molecule is C[SiH2]c1ccc(-n2c3ccccc3c3ccc4c(c5ccccc5n4-c4ccc(-c5cccc6c5oc5ccccc56)cc4)c32)cc1. The molecule has 0 atom stereocenters. The monoisotopic (exact) mass is 618 g/mol. The second-order valence-electron chi connectivity index (χ2n) is 12.4. The number of nitrogens with zero attached hydrogens (tertiary/aromatic N) is 2. The Labute approximate surface area is 273 Å². The van der Waals surface area contributed by atoms with Gasteiger partial charge in [0.2, 0.25) is 0 Å². The summed E-state index contributed by atoms with van der Waals surface area (Å²) in [4.78, 5) is 0. The zero-order valence-corrected chi connectivity index (χ0v) is 27.4. The maximum Gasteiger partial charge on any atom is 0.143 e. The summed E-state index contributed by atoms with van der Waals surface area (Å²) in [5.41, 5.74) is 11.3. The van der Waals surface area contributed by atoms with Crippen molar-refractivity contribution in [3.05, 3.63) is 152 Å². The summed E-state index contributed by atoms with van der Waals surface area (Å²) in [7, 11) is -0.216. The molecule has 0 saturated heterocycles. The second kappa shape index (κ2) is 10.1. The van der Waals surface area contributed by atoms with Crippen molar-refractivity contribution in [3.63, 3.8) is 0 Å². The van der Waals surface area contributed by atoms with E-state index in [-0.39, 0.29) is 9.52 Å². The second-order valence-corrected chi connectivity index (χ2v) is 13.9. The summed E-state index contributed by atoms with van der Waals surface area (Å²) in [6.07, 6.45) is 0. The van der Waals surface area contributed by atoms with Gasteiger partial charge in [-0.15, -0.1) is 0 Å². The van der Waals surface area contributed by atoms with Crippen molar-refractivity contribution in [1.82, 2.24) is 9.13 Å². The minimum absolute atomic E-state index is 0.216. The van der Waals surface area contributed by atoms with Gasteiger partial charge in [0.15, 0.2) is 0 Å². The molecular weight excluding hydrogens is 589 g/mol. The highest BCUT2D eigenvalue weighted by atomic mass is 28.2. The van der Waals surface area contributed by atoms with E-state index >= 15 is 0 Å². The predicted octanol–water partition coefficient (Wildman–Crippen LogP) is 10.3. The van der Waals surface area contributed by atoms with Gasteiger partial charge in [-0.25, -0.2) is 0 Å². The highest BCUT2D eigenvalue weighted by Crippen LogP contribution is 2.42. The lowest BCUT2D eigenvalue weighted by atomic mass is 10.0. The van der Waals surface area contributed by atoms with Crippen LogP contribution in [0.15, 0.2) is 156 Å². The van der Waals surface area contributed by atoms with Crippen LogP contribution in [0.25, 0.3) is 88.1 Å². The maximum atomic E-state index is 6.38. The van der Waals surface area contributed by atoms with E-state index in [0.717, 1.165) is 38.8 Å². The average Bonchev–Trinajstić information content (AvgIpc) is 3.79. The molecule has 0 aliphatic heterocycles. The Morgan fingerprint density at radius 3 is 1.89 bits per heavy atom. The van der Waals surface area contributed by atoms with E-state index in [0.29, 0.717) is 0 Å². The van der Waals surface area contributed by atoms with Crippen molar-refractivity contribution in [3.8, 4) is 22.5 Å². The first-order chi connectivity index (χ1) is 23.3. The smallest absolute Gasteiger partial charge is 0.143 e. The summed E-state index contributed by atoms with van der Waals surface area (Å²) in [5.74, 6) is 0. The fourth-order valence-corrected chi connectivity index (χ4v) is 8.41. The fourth-order valence-electron chi connectivity index (χ4n) is 7.70. The lowest BCUT2D eigenvalue weighted by Crippen LogP contribution is -2.09. The number of para-hydroxylation sites is 4. The van der Waals surface area contributed by atoms with Crippen LogP contribution >= 0.6 is 0 Å². The van der Waals surface area contributed by atoms with Crippen molar-refractivity contribution >= 4 is 80.3 Å². The van der Waals surface area contributed by atoms with E-state index in [9.17, 15) is 0 Å². The third kappa shape index (κ3) is 3.79. The van der Waals surface area contributed by atoms with Crippen molar-refractivity contribution in [1.29, 1.82) is 0 Å². The quantitative estimate of drug-likeness (QED) is 0.180. The van der Waals surface area contributed by atoms with Crippen LogP contribution in [0.5, 0.6) is 0 Å². The van der Waals surface area contributed by atoms with Gasteiger partial charge >= 0.3 is 0 Å². The molecule has 4 heteroatoms. The van der Waals surface area contributed by atoms with Crippen molar-refractivity contribution in [2.75, 3.05) is 0 Å². The van der Waals surface area contributed by atoms with Gasteiger partial charge in [-0.1, -0.05) is 115 Å². The molecule has 0 aliphatic rings. The molecule has 222 valence electrons. The third-order valence-electron chi connectivity index (χ3n) is 9.91. The molecule has 0 radical (unpaired) electrons. The summed E-state index contributed by atoms with van der Waals surface area (Å²) >= 11 is 0. The summed E-state index contributed by atoms with van der Waals surface area (Å²) in [6.45, 7) is 2.35. The molecular formula is C43H30N2OSi. The number of aromatic nitrogens is 2. The first kappa shape index (κ1) is 26.4.